The standard InChI is InChI=1S/C18H17ClOS/c1-12-7-9-14(10-8-12)18-17(19)15(20)11-16(21-18)13-5-3-2-4-6-13/h2-10,16-18H,11H2,1H3. The van der Waals surface area contributed by atoms with Gasteiger partial charge in [0.05, 0.1) is 5.25 Å². The highest BCUT2D eigenvalue weighted by Gasteiger charge is 2.37. The number of Topliss-reactive ketones (excluding diaryl/α,β-unsaturated/α-hetero) is 1. The number of benzene rings is 2. The Hall–Kier alpha value is -1.25. The average Bonchev–Trinajstić information content (AvgIpc) is 2.52. The summed E-state index contributed by atoms with van der Waals surface area (Å²) in [4.78, 5) is 12.3. The van der Waals surface area contributed by atoms with Gasteiger partial charge < -0.3 is 0 Å². The van der Waals surface area contributed by atoms with Gasteiger partial charge in [0.2, 0.25) is 0 Å². The lowest BCUT2D eigenvalue weighted by molar-refractivity contribution is -0.119. The summed E-state index contributed by atoms with van der Waals surface area (Å²) in [6, 6.07) is 18.6. The second kappa shape index (κ2) is 6.25. The first-order valence-electron chi connectivity index (χ1n) is 7.09. The van der Waals surface area contributed by atoms with Crippen LogP contribution < -0.4 is 0 Å². The molecule has 21 heavy (non-hydrogen) atoms. The molecule has 3 rings (SSSR count). The van der Waals surface area contributed by atoms with Gasteiger partial charge >= 0.3 is 0 Å². The molecule has 3 unspecified atom stereocenters. The van der Waals surface area contributed by atoms with Crippen molar-refractivity contribution in [2.75, 3.05) is 0 Å². The first-order chi connectivity index (χ1) is 10.1. The van der Waals surface area contributed by atoms with E-state index in [0.717, 1.165) is 5.56 Å². The van der Waals surface area contributed by atoms with E-state index in [1.54, 1.807) is 11.8 Å². The smallest absolute Gasteiger partial charge is 0.153 e. The molecule has 1 aliphatic rings. The first kappa shape index (κ1) is 14.7. The fourth-order valence-electron chi connectivity index (χ4n) is 2.63. The Morgan fingerprint density at radius 3 is 2.33 bits per heavy atom. The summed E-state index contributed by atoms with van der Waals surface area (Å²) in [5.74, 6) is 0.148. The second-order valence-corrected chi connectivity index (χ2v) is 7.26. The van der Waals surface area contributed by atoms with Crippen LogP contribution in [0.25, 0.3) is 0 Å². The fourth-order valence-corrected chi connectivity index (χ4v) is 4.57. The topological polar surface area (TPSA) is 17.1 Å². The number of halogens is 1. The number of carbonyl (C=O) groups excluding carboxylic acids is 1. The molecule has 1 saturated heterocycles. The molecule has 0 aromatic heterocycles. The van der Waals surface area contributed by atoms with Gasteiger partial charge in [-0.3, -0.25) is 4.79 Å². The molecule has 1 nitrogen and oxygen atoms in total. The van der Waals surface area contributed by atoms with Crippen molar-refractivity contribution >= 4 is 29.1 Å². The van der Waals surface area contributed by atoms with Crippen molar-refractivity contribution in [3.8, 4) is 0 Å². The van der Waals surface area contributed by atoms with Crippen LogP contribution in [0.5, 0.6) is 0 Å². The molecule has 3 heteroatoms. The molecule has 0 N–H and O–H groups in total. The van der Waals surface area contributed by atoms with Gasteiger partial charge in [0.25, 0.3) is 0 Å². The molecule has 108 valence electrons. The lowest BCUT2D eigenvalue weighted by Gasteiger charge is -2.32. The van der Waals surface area contributed by atoms with Gasteiger partial charge in [0.15, 0.2) is 5.78 Å². The number of hydrogen-bond acceptors (Lipinski definition) is 2. The average molecular weight is 317 g/mol. The van der Waals surface area contributed by atoms with Crippen LogP contribution in [-0.2, 0) is 4.79 Å². The van der Waals surface area contributed by atoms with Gasteiger partial charge in [-0.25, -0.2) is 0 Å². The Bertz CT molecular complexity index is 623. The number of hydrogen-bond donors (Lipinski definition) is 0. The summed E-state index contributed by atoms with van der Waals surface area (Å²) in [6.07, 6.45) is 0.519. The van der Waals surface area contributed by atoms with Crippen molar-refractivity contribution in [1.29, 1.82) is 0 Å². The fraction of sp³-hybridized carbons (Fsp3) is 0.278. The third-order valence-corrected chi connectivity index (χ3v) is 6.10. The summed E-state index contributed by atoms with van der Waals surface area (Å²) in [5, 5.41) is -0.212. The van der Waals surface area contributed by atoms with Crippen molar-refractivity contribution in [1.82, 2.24) is 0 Å². The summed E-state index contributed by atoms with van der Waals surface area (Å²) in [5.41, 5.74) is 3.56. The van der Waals surface area contributed by atoms with Crippen molar-refractivity contribution in [2.45, 2.75) is 29.2 Å². The molecule has 0 amide bonds. The van der Waals surface area contributed by atoms with Gasteiger partial charge in [0.1, 0.15) is 5.38 Å². The molecule has 1 aliphatic heterocycles. The van der Waals surface area contributed by atoms with E-state index in [0.29, 0.717) is 6.42 Å². The van der Waals surface area contributed by atoms with Crippen LogP contribution in [0.2, 0.25) is 0 Å². The van der Waals surface area contributed by atoms with Crippen LogP contribution in [0, 0.1) is 6.92 Å². The molecule has 0 bridgehead atoms. The minimum absolute atomic E-state index is 0.0266. The van der Waals surface area contributed by atoms with E-state index in [9.17, 15) is 4.79 Å². The minimum Gasteiger partial charge on any atom is -0.298 e. The minimum atomic E-state index is -0.433. The van der Waals surface area contributed by atoms with Gasteiger partial charge in [0, 0.05) is 11.7 Å². The largest absolute Gasteiger partial charge is 0.298 e. The van der Waals surface area contributed by atoms with E-state index >= 15 is 0 Å². The van der Waals surface area contributed by atoms with E-state index in [1.807, 2.05) is 18.2 Å². The van der Waals surface area contributed by atoms with Crippen LogP contribution >= 0.6 is 23.4 Å². The maximum absolute atomic E-state index is 12.3. The van der Waals surface area contributed by atoms with E-state index < -0.39 is 5.38 Å². The molecular weight excluding hydrogens is 300 g/mol. The van der Waals surface area contributed by atoms with Crippen LogP contribution in [0.3, 0.4) is 0 Å². The highest BCUT2D eigenvalue weighted by Crippen LogP contribution is 2.50. The summed E-state index contributed by atoms with van der Waals surface area (Å²) in [6.45, 7) is 2.06. The Morgan fingerprint density at radius 2 is 1.67 bits per heavy atom. The molecule has 2 aromatic rings. The van der Waals surface area contributed by atoms with Gasteiger partial charge in [-0.05, 0) is 18.1 Å². The third-order valence-electron chi connectivity index (χ3n) is 3.85. The van der Waals surface area contributed by atoms with Crippen LogP contribution in [0.4, 0.5) is 0 Å². The molecule has 0 spiro atoms. The number of rotatable bonds is 2. The van der Waals surface area contributed by atoms with E-state index in [2.05, 4.69) is 43.3 Å². The third kappa shape index (κ3) is 3.17. The predicted octanol–water partition coefficient (Wildman–Crippen LogP) is 5.09. The Labute approximate surface area is 134 Å². The Kier molecular flexibility index (Phi) is 4.37. The highest BCUT2D eigenvalue weighted by molar-refractivity contribution is 8.00. The molecule has 0 saturated carbocycles. The lowest BCUT2D eigenvalue weighted by Crippen LogP contribution is -2.28. The van der Waals surface area contributed by atoms with Crippen LogP contribution in [-0.4, -0.2) is 11.2 Å². The molecule has 2 aromatic carbocycles. The lowest BCUT2D eigenvalue weighted by atomic mass is 9.99. The zero-order chi connectivity index (χ0) is 14.8. The van der Waals surface area contributed by atoms with Gasteiger partial charge in [-0.1, -0.05) is 60.2 Å². The first-order valence-corrected chi connectivity index (χ1v) is 8.47. The summed E-state index contributed by atoms with van der Waals surface area (Å²) < 4.78 is 0. The number of thioether (sulfide) groups is 1. The van der Waals surface area contributed by atoms with E-state index in [1.165, 1.54) is 11.1 Å². The molecule has 0 aliphatic carbocycles. The highest BCUT2D eigenvalue weighted by atomic mass is 35.5. The maximum Gasteiger partial charge on any atom is 0.153 e. The molecule has 1 heterocycles. The van der Waals surface area contributed by atoms with Crippen molar-refractivity contribution in [2.24, 2.45) is 0 Å². The van der Waals surface area contributed by atoms with E-state index in [-0.39, 0.29) is 16.3 Å². The summed E-state index contributed by atoms with van der Waals surface area (Å²) >= 11 is 8.19. The van der Waals surface area contributed by atoms with Gasteiger partial charge in [-0.15, -0.1) is 23.4 Å². The Balaban J connectivity index is 1.89. The molecular formula is C18H17ClOS. The number of alkyl halides is 1. The van der Waals surface area contributed by atoms with Crippen LogP contribution in [0.15, 0.2) is 54.6 Å². The van der Waals surface area contributed by atoms with E-state index in [4.69, 9.17) is 11.6 Å². The number of ketones is 1. The Morgan fingerprint density at radius 1 is 1.00 bits per heavy atom. The zero-order valence-corrected chi connectivity index (χ0v) is 13.4. The maximum atomic E-state index is 12.3. The van der Waals surface area contributed by atoms with Crippen molar-refractivity contribution in [3.05, 3.63) is 71.3 Å². The zero-order valence-electron chi connectivity index (χ0n) is 11.8. The normalized spacial score (nSPS) is 25.8. The predicted molar refractivity (Wildman–Crippen MR) is 90.0 cm³/mol. The quantitative estimate of drug-likeness (QED) is 0.718. The molecule has 1 fully saturated rings. The van der Waals surface area contributed by atoms with Gasteiger partial charge in [-0.2, -0.15) is 0 Å². The number of aryl methyl sites for hydroxylation is 1. The van der Waals surface area contributed by atoms with Crippen molar-refractivity contribution in [3.63, 3.8) is 0 Å². The van der Waals surface area contributed by atoms with Crippen LogP contribution in [0.1, 0.15) is 33.6 Å². The monoisotopic (exact) mass is 316 g/mol. The molecule has 0 radical (unpaired) electrons. The summed E-state index contributed by atoms with van der Waals surface area (Å²) in [7, 11) is 0. The molecule has 3 atom stereocenters. The second-order valence-electron chi connectivity index (χ2n) is 5.44. The SMILES string of the molecule is Cc1ccc(C2SC(c3ccccc3)CC(=O)C2Cl)cc1. The van der Waals surface area contributed by atoms with Crippen molar-refractivity contribution < 1.29 is 4.79 Å². The number of carbonyl (C=O) groups is 1.